The maximum absolute atomic E-state index is 3.72. The van der Waals surface area contributed by atoms with Crippen LogP contribution in [0.2, 0.25) is 0 Å². The highest BCUT2D eigenvalue weighted by Gasteiger charge is 2.18. The summed E-state index contributed by atoms with van der Waals surface area (Å²) in [6, 6.07) is 15.5. The van der Waals surface area contributed by atoms with Gasteiger partial charge in [-0.1, -0.05) is 58.7 Å². The van der Waals surface area contributed by atoms with Crippen molar-refractivity contribution in [3.8, 4) is 0 Å². The molecule has 108 valence electrons. The zero-order chi connectivity index (χ0) is 14.8. The van der Waals surface area contributed by atoms with Gasteiger partial charge in [0.05, 0.1) is 6.04 Å². The Hall–Kier alpha value is -1.16. The minimum atomic E-state index is 0.214. The van der Waals surface area contributed by atoms with Crippen molar-refractivity contribution in [1.29, 1.82) is 0 Å². The van der Waals surface area contributed by atoms with Gasteiger partial charge in [0.25, 0.3) is 0 Å². The first-order valence-electron chi connectivity index (χ1n) is 7.16. The molecule has 0 amide bonds. The van der Waals surface area contributed by atoms with Crippen molar-refractivity contribution in [2.75, 3.05) is 6.54 Å². The predicted molar refractivity (Wildman–Crippen MR) is 96.2 cm³/mol. The van der Waals surface area contributed by atoms with E-state index in [1.54, 1.807) is 0 Å². The Bertz CT molecular complexity index is 763. The molecule has 21 heavy (non-hydrogen) atoms. The molecule has 0 spiro atoms. The second-order valence-corrected chi connectivity index (χ2v) is 6.97. The van der Waals surface area contributed by atoms with E-state index < -0.39 is 0 Å². The van der Waals surface area contributed by atoms with Crippen LogP contribution < -0.4 is 5.32 Å². The Morgan fingerprint density at radius 1 is 1.14 bits per heavy atom. The molecule has 1 nitrogen and oxygen atoms in total. The summed E-state index contributed by atoms with van der Waals surface area (Å²) >= 11 is 5.53. The van der Waals surface area contributed by atoms with Gasteiger partial charge in [0.15, 0.2) is 0 Å². The van der Waals surface area contributed by atoms with Crippen molar-refractivity contribution in [3.05, 3.63) is 69.0 Å². The number of hydrogen-bond acceptors (Lipinski definition) is 2. The Morgan fingerprint density at radius 2 is 2.00 bits per heavy atom. The molecule has 0 aliphatic heterocycles. The average molecular weight is 360 g/mol. The lowest BCUT2D eigenvalue weighted by Gasteiger charge is -2.21. The van der Waals surface area contributed by atoms with Crippen LogP contribution in [-0.2, 0) is 0 Å². The normalized spacial score (nSPS) is 12.7. The fourth-order valence-corrected chi connectivity index (χ4v) is 4.14. The second-order valence-electron chi connectivity index (χ2n) is 5.20. The lowest BCUT2D eigenvalue weighted by molar-refractivity contribution is 0.632. The van der Waals surface area contributed by atoms with Gasteiger partial charge in [-0.15, -0.1) is 11.3 Å². The maximum atomic E-state index is 3.72. The molecule has 3 rings (SSSR count). The van der Waals surface area contributed by atoms with E-state index in [0.29, 0.717) is 0 Å². The molecule has 0 saturated heterocycles. The Balaban J connectivity index is 2.18. The second kappa shape index (κ2) is 6.30. The van der Waals surface area contributed by atoms with Crippen LogP contribution in [0.25, 0.3) is 10.1 Å². The molecular weight excluding hydrogens is 342 g/mol. The third-order valence-corrected chi connectivity index (χ3v) is 5.39. The van der Waals surface area contributed by atoms with E-state index in [0.717, 1.165) is 11.0 Å². The highest BCUT2D eigenvalue weighted by molar-refractivity contribution is 9.10. The minimum Gasteiger partial charge on any atom is -0.306 e. The van der Waals surface area contributed by atoms with Crippen LogP contribution >= 0.6 is 27.3 Å². The molecule has 0 aliphatic carbocycles. The summed E-state index contributed by atoms with van der Waals surface area (Å²) in [6.07, 6.45) is 0. The van der Waals surface area contributed by atoms with Crippen LogP contribution in [0.3, 0.4) is 0 Å². The summed E-state index contributed by atoms with van der Waals surface area (Å²) in [7, 11) is 0. The summed E-state index contributed by atoms with van der Waals surface area (Å²) in [6.45, 7) is 5.24. The molecule has 0 radical (unpaired) electrons. The number of aryl methyl sites for hydroxylation is 1. The number of thiophene rings is 1. The topological polar surface area (TPSA) is 12.0 Å². The number of nitrogens with one attached hydrogen (secondary N) is 1. The third-order valence-electron chi connectivity index (χ3n) is 3.69. The van der Waals surface area contributed by atoms with Crippen molar-refractivity contribution >= 4 is 37.4 Å². The van der Waals surface area contributed by atoms with Crippen molar-refractivity contribution in [2.45, 2.75) is 19.9 Å². The predicted octanol–water partition coefficient (Wildman–Crippen LogP) is 5.67. The fourth-order valence-electron chi connectivity index (χ4n) is 2.72. The van der Waals surface area contributed by atoms with Crippen LogP contribution in [-0.4, -0.2) is 6.54 Å². The Labute approximate surface area is 138 Å². The molecule has 0 fully saturated rings. The van der Waals surface area contributed by atoms with Gasteiger partial charge in [-0.3, -0.25) is 0 Å². The lowest BCUT2D eigenvalue weighted by Crippen LogP contribution is -2.22. The minimum absolute atomic E-state index is 0.214. The van der Waals surface area contributed by atoms with Gasteiger partial charge in [0.2, 0.25) is 0 Å². The van der Waals surface area contributed by atoms with E-state index in [-0.39, 0.29) is 6.04 Å². The highest BCUT2D eigenvalue weighted by Crippen LogP contribution is 2.35. The van der Waals surface area contributed by atoms with Crippen LogP contribution in [0.5, 0.6) is 0 Å². The number of rotatable bonds is 4. The van der Waals surface area contributed by atoms with Gasteiger partial charge in [-0.05, 0) is 47.5 Å². The summed E-state index contributed by atoms with van der Waals surface area (Å²) in [4.78, 5) is 0. The maximum Gasteiger partial charge on any atom is 0.0602 e. The van der Waals surface area contributed by atoms with Crippen molar-refractivity contribution < 1.29 is 0 Å². The van der Waals surface area contributed by atoms with Crippen molar-refractivity contribution in [3.63, 3.8) is 0 Å². The van der Waals surface area contributed by atoms with Crippen LogP contribution in [0, 0.1) is 6.92 Å². The molecule has 1 unspecified atom stereocenters. The average Bonchev–Trinajstić information content (AvgIpc) is 2.96. The monoisotopic (exact) mass is 359 g/mol. The molecular formula is C18H18BrNS. The van der Waals surface area contributed by atoms with Gasteiger partial charge < -0.3 is 5.32 Å². The molecule has 3 heteroatoms. The first-order chi connectivity index (χ1) is 10.2. The van der Waals surface area contributed by atoms with Gasteiger partial charge in [0, 0.05) is 9.17 Å². The largest absolute Gasteiger partial charge is 0.306 e. The van der Waals surface area contributed by atoms with E-state index in [9.17, 15) is 0 Å². The van der Waals surface area contributed by atoms with Crippen LogP contribution in [0.4, 0.5) is 0 Å². The van der Waals surface area contributed by atoms with E-state index in [1.807, 2.05) is 11.3 Å². The zero-order valence-corrected chi connectivity index (χ0v) is 14.6. The molecule has 1 aromatic heterocycles. The summed E-state index contributed by atoms with van der Waals surface area (Å²) in [5.74, 6) is 0. The molecule has 0 bridgehead atoms. The van der Waals surface area contributed by atoms with Gasteiger partial charge in [-0.2, -0.15) is 0 Å². The summed E-state index contributed by atoms with van der Waals surface area (Å²) in [5.41, 5.74) is 3.95. The molecule has 3 aromatic rings. The van der Waals surface area contributed by atoms with Gasteiger partial charge >= 0.3 is 0 Å². The fraction of sp³-hybridized carbons (Fsp3) is 0.222. The molecule has 1 N–H and O–H groups in total. The van der Waals surface area contributed by atoms with Gasteiger partial charge in [-0.25, -0.2) is 0 Å². The first-order valence-corrected chi connectivity index (χ1v) is 8.83. The quantitative estimate of drug-likeness (QED) is 0.632. The lowest BCUT2D eigenvalue weighted by atomic mass is 9.96. The molecule has 1 atom stereocenters. The van der Waals surface area contributed by atoms with E-state index >= 15 is 0 Å². The zero-order valence-electron chi connectivity index (χ0n) is 12.2. The number of hydrogen-bond donors (Lipinski definition) is 1. The van der Waals surface area contributed by atoms with Crippen LogP contribution in [0.1, 0.15) is 29.7 Å². The SMILES string of the molecule is CCNC(c1cc(C)ccc1Br)c1cccc2ccsc12. The molecule has 2 aromatic carbocycles. The molecule has 0 saturated carbocycles. The Kier molecular flexibility index (Phi) is 4.43. The van der Waals surface area contributed by atoms with Crippen molar-refractivity contribution in [1.82, 2.24) is 5.32 Å². The Morgan fingerprint density at radius 3 is 2.81 bits per heavy atom. The molecule has 1 heterocycles. The van der Waals surface area contributed by atoms with E-state index in [2.05, 4.69) is 82.9 Å². The van der Waals surface area contributed by atoms with Crippen LogP contribution in [0.15, 0.2) is 52.3 Å². The first kappa shape index (κ1) is 14.8. The van der Waals surface area contributed by atoms with E-state index in [1.165, 1.54) is 26.8 Å². The standard InChI is InChI=1S/C18H18BrNS/c1-3-20-17(15-11-12(2)7-8-16(15)19)14-6-4-5-13-9-10-21-18(13)14/h4-11,17,20H,3H2,1-2H3. The van der Waals surface area contributed by atoms with Crippen molar-refractivity contribution in [2.24, 2.45) is 0 Å². The van der Waals surface area contributed by atoms with E-state index in [4.69, 9.17) is 0 Å². The number of halogens is 1. The van der Waals surface area contributed by atoms with Gasteiger partial charge in [0.1, 0.15) is 0 Å². The number of benzene rings is 2. The number of fused-ring (bicyclic) bond motifs is 1. The molecule has 0 aliphatic rings. The smallest absolute Gasteiger partial charge is 0.0602 e. The summed E-state index contributed by atoms with van der Waals surface area (Å²) in [5, 5.41) is 7.13. The highest BCUT2D eigenvalue weighted by atomic mass is 79.9. The third kappa shape index (κ3) is 2.91. The summed E-state index contributed by atoms with van der Waals surface area (Å²) < 4.78 is 2.53.